The molecule has 0 aliphatic heterocycles. The molecule has 0 atom stereocenters. The van der Waals surface area contributed by atoms with E-state index in [0.717, 1.165) is 202 Å². The van der Waals surface area contributed by atoms with E-state index >= 15 is 0 Å². The monoisotopic (exact) mass is 1650 g/mol. The van der Waals surface area contributed by atoms with E-state index in [4.69, 9.17) is 43.2 Å². The van der Waals surface area contributed by atoms with Gasteiger partial charge in [0.2, 0.25) is 11.9 Å². The van der Waals surface area contributed by atoms with Crippen LogP contribution < -0.4 is 0 Å². The molecule has 0 aliphatic rings. The van der Waals surface area contributed by atoms with Gasteiger partial charge < -0.3 is 13.3 Å². The maximum Gasteiger partial charge on any atom is 0.236 e. The fourth-order valence-electron chi connectivity index (χ4n) is 19.2. The Morgan fingerprint density at radius 1 is 0.208 bits per heavy atom. The van der Waals surface area contributed by atoms with Crippen molar-refractivity contribution in [2.24, 2.45) is 0 Å². The topological polar surface area (TPSA) is 132 Å². The van der Waals surface area contributed by atoms with Gasteiger partial charge in [-0.3, -0.25) is 13.7 Å². The van der Waals surface area contributed by atoms with Crippen LogP contribution in [0.15, 0.2) is 383 Å². The number of benzene rings is 16. The van der Waals surface area contributed by atoms with Crippen molar-refractivity contribution in [3.63, 3.8) is 0 Å². The first-order valence-electron chi connectivity index (χ1n) is 41.6. The quantitative estimate of drug-likeness (QED) is 0.149. The average Bonchev–Trinajstić information content (AvgIpc) is 1.58. The fraction of sp³-hybridized carbons (Fsp3) is 0. The first kappa shape index (κ1) is 69.7. The highest BCUT2D eigenvalue weighted by atomic mass is 32.1. The van der Waals surface area contributed by atoms with Crippen molar-refractivity contribution in [2.75, 3.05) is 0 Å². The molecule has 13 heterocycles. The lowest BCUT2D eigenvalue weighted by Gasteiger charge is -2.16. The van der Waals surface area contributed by atoms with E-state index in [0.29, 0.717) is 11.9 Å². The molecule has 0 unspecified atom stereocenters. The number of thiophene rings is 3. The number of para-hydroxylation sites is 5. The van der Waals surface area contributed by atoms with Crippen LogP contribution in [0.1, 0.15) is 0 Å². The van der Waals surface area contributed by atoms with Gasteiger partial charge in [0, 0.05) is 86.7 Å². The van der Waals surface area contributed by atoms with Gasteiger partial charge in [0.05, 0.1) is 83.9 Å². The maximum absolute atomic E-state index is 6.67. The highest BCUT2D eigenvalue weighted by molar-refractivity contribution is 7.28. The predicted molar refractivity (Wildman–Crippen MR) is 521 cm³/mol. The van der Waals surface area contributed by atoms with Crippen LogP contribution in [-0.4, -0.2) is 43.6 Å². The Morgan fingerprint density at radius 2 is 0.600 bits per heavy atom. The van der Waals surface area contributed by atoms with Crippen LogP contribution in [-0.2, 0) is 0 Å². The molecule has 29 aromatic rings. The van der Waals surface area contributed by atoms with Gasteiger partial charge in [-0.25, -0.2) is 29.9 Å². The van der Waals surface area contributed by atoms with E-state index in [-0.39, 0.29) is 0 Å². The summed E-state index contributed by atoms with van der Waals surface area (Å²) in [6, 6.07) is 129. The summed E-state index contributed by atoms with van der Waals surface area (Å²) in [5, 5.41) is 20.5. The van der Waals surface area contributed by atoms with Crippen molar-refractivity contribution >= 4 is 248 Å². The van der Waals surface area contributed by atoms with E-state index in [9.17, 15) is 0 Å². The summed E-state index contributed by atoms with van der Waals surface area (Å²) in [5.74, 6) is 2.13. The minimum atomic E-state index is 0.633. The largest absolute Gasteiger partial charge is 0.453 e. The summed E-state index contributed by atoms with van der Waals surface area (Å²) in [5.41, 5.74) is 21.4. The molecule has 0 bridgehead atoms. The Bertz CT molecular complexity index is 9610. The van der Waals surface area contributed by atoms with E-state index in [1.807, 2.05) is 60.7 Å². The Morgan fingerprint density at radius 3 is 1.20 bits per heavy atom. The molecule has 13 aromatic heterocycles. The standard InChI is InChI=1S/C42H23N3OS.2C34H19N3OS/c1-2-13-25(14-3-1)35-34-29-18-8-6-16-27(29)28-17-7-9-19-30(28)36(34)44-42(43-35)45-37-26-15-5-4-12-24(26)22-23-32(37)40-38(45)39-41(47-40)31-20-10-11-21-33(31)46-39;1-2-8-20(9-3-1)25-18-16-21-14-15-22-17-19-28(36-30(22)29(21)35-25)37-26-12-6-4-10-23(26)33-31(37)32-34(39-33)24-11-5-7-13-27(24)38-32;1-2-11-21(12-3-1)28-25-19-18-20-10-4-5-13-22(20)29(25)36-34(35-28)37-26-16-8-6-14-23(26)32-30(37)31-33(39-32)24-15-7-9-17-27(24)38-31/h1-23H;2*1-19H. The Labute approximate surface area is 720 Å². The molecule has 15 heteroatoms. The molecule has 16 aromatic carbocycles. The summed E-state index contributed by atoms with van der Waals surface area (Å²) in [4.78, 5) is 32.0. The molecule has 582 valence electrons. The van der Waals surface area contributed by atoms with E-state index in [1.165, 1.54) is 51.1 Å². The SMILES string of the molecule is c1ccc(-c2ccc3ccc4ccc(-n5c6ccccc6c6sc7c8ccccc8oc7c65)nc4c3n2)cc1.c1ccc(-c2nc(-n3c4c5ccccc5ccc4c4sc5c6ccccc6oc5c43)nc3c4ccccc4c4ccccc4c23)cc1.c1ccc(-c2nc(-n3c4ccccc4c4sc5c6ccccc6oc5c43)nc3c2ccc2ccccc23)cc1. The number of aromatic nitrogens is 9. The Balaban J connectivity index is 0.0000000984. The van der Waals surface area contributed by atoms with Gasteiger partial charge in [0.1, 0.15) is 39.1 Å². The summed E-state index contributed by atoms with van der Waals surface area (Å²) in [6.45, 7) is 0. The molecule has 12 nitrogen and oxygen atoms in total. The first-order valence-corrected chi connectivity index (χ1v) is 44.1. The van der Waals surface area contributed by atoms with Crippen molar-refractivity contribution in [1.82, 2.24) is 43.6 Å². The normalized spacial score (nSPS) is 12.2. The van der Waals surface area contributed by atoms with Crippen LogP contribution in [0.25, 0.3) is 265 Å². The van der Waals surface area contributed by atoms with Crippen molar-refractivity contribution < 1.29 is 13.3 Å². The predicted octanol–water partition coefficient (Wildman–Crippen LogP) is 30.8. The molecule has 0 fully saturated rings. The average molecular weight is 1650 g/mol. The lowest BCUT2D eigenvalue weighted by molar-refractivity contribution is 0.671. The summed E-state index contributed by atoms with van der Waals surface area (Å²) in [7, 11) is 0. The molecule has 29 rings (SSSR count). The molecule has 0 saturated carbocycles. The minimum Gasteiger partial charge on any atom is -0.453 e. The molecule has 0 radical (unpaired) electrons. The zero-order chi connectivity index (χ0) is 81.6. The third-order valence-corrected chi connectivity index (χ3v) is 28.5. The van der Waals surface area contributed by atoms with Crippen molar-refractivity contribution in [3.05, 3.63) is 370 Å². The van der Waals surface area contributed by atoms with Crippen molar-refractivity contribution in [3.8, 4) is 51.5 Å². The molecule has 0 N–H and O–H groups in total. The summed E-state index contributed by atoms with van der Waals surface area (Å²) in [6.07, 6.45) is 0. The molecule has 125 heavy (non-hydrogen) atoms. The van der Waals surface area contributed by atoms with E-state index in [2.05, 4.69) is 323 Å². The van der Waals surface area contributed by atoms with Gasteiger partial charge in [0.15, 0.2) is 16.7 Å². The van der Waals surface area contributed by atoms with Gasteiger partial charge in [-0.15, -0.1) is 34.0 Å². The first-order chi connectivity index (χ1) is 62.0. The number of nitrogens with zero attached hydrogens (tertiary/aromatic N) is 9. The second-order valence-corrected chi connectivity index (χ2v) is 34.8. The molecule has 0 amide bonds. The number of furan rings is 3. The van der Waals surface area contributed by atoms with Gasteiger partial charge in [-0.2, -0.15) is 0 Å². The number of pyridine rings is 2. The Hall–Kier alpha value is -16.0. The number of hydrogen-bond donors (Lipinski definition) is 0. The summed E-state index contributed by atoms with van der Waals surface area (Å²) < 4.78 is 33.4. The zero-order valence-electron chi connectivity index (χ0n) is 66.2. The number of rotatable bonds is 6. The summed E-state index contributed by atoms with van der Waals surface area (Å²) >= 11 is 5.36. The van der Waals surface area contributed by atoms with Gasteiger partial charge >= 0.3 is 0 Å². The number of hydrogen-bond acceptors (Lipinski definition) is 12. The highest BCUT2D eigenvalue weighted by Gasteiger charge is 2.30. The maximum atomic E-state index is 6.67. The van der Waals surface area contributed by atoms with Crippen molar-refractivity contribution in [1.29, 1.82) is 0 Å². The lowest BCUT2D eigenvalue weighted by Crippen LogP contribution is -2.04. The van der Waals surface area contributed by atoms with Gasteiger partial charge in [-0.1, -0.05) is 297 Å². The van der Waals surface area contributed by atoms with Crippen LogP contribution in [0.4, 0.5) is 0 Å². The van der Waals surface area contributed by atoms with Gasteiger partial charge in [-0.05, 0) is 99.7 Å². The third-order valence-electron chi connectivity index (χ3n) is 24.8. The van der Waals surface area contributed by atoms with Crippen LogP contribution in [0.3, 0.4) is 0 Å². The van der Waals surface area contributed by atoms with Crippen molar-refractivity contribution in [2.45, 2.75) is 0 Å². The Kier molecular flexibility index (Phi) is 15.2. The van der Waals surface area contributed by atoms with Crippen LogP contribution in [0, 0.1) is 0 Å². The third kappa shape index (κ3) is 10.5. The van der Waals surface area contributed by atoms with E-state index in [1.54, 1.807) is 34.0 Å². The zero-order valence-corrected chi connectivity index (χ0v) is 68.6. The van der Waals surface area contributed by atoms with Crippen LogP contribution in [0.2, 0.25) is 0 Å². The second kappa shape index (κ2) is 27.2. The molecular weight excluding hydrogens is 1590 g/mol. The van der Waals surface area contributed by atoms with Crippen LogP contribution in [0.5, 0.6) is 0 Å². The molecular formula is C110H61N9O3S3. The van der Waals surface area contributed by atoms with Gasteiger partial charge in [0.25, 0.3) is 0 Å². The highest BCUT2D eigenvalue weighted by Crippen LogP contribution is 2.52. The second-order valence-electron chi connectivity index (χ2n) is 31.7. The molecule has 0 aliphatic carbocycles. The lowest BCUT2D eigenvalue weighted by atomic mass is 9.94. The number of fused-ring (bicyclic) bond motifs is 35. The molecule has 0 saturated heterocycles. The molecule has 0 spiro atoms. The minimum absolute atomic E-state index is 0.633. The smallest absolute Gasteiger partial charge is 0.236 e. The van der Waals surface area contributed by atoms with E-state index < -0.39 is 0 Å². The van der Waals surface area contributed by atoms with Crippen LogP contribution >= 0.6 is 34.0 Å². The fourth-order valence-corrected chi connectivity index (χ4v) is 23.1.